The SMILES string of the molecule is CCOC(=O)C1=C(C(F)F)OC(Sc2ccccc2)CC1OCC. The minimum atomic E-state index is -2.91. The van der Waals surface area contributed by atoms with E-state index in [1.54, 1.807) is 13.8 Å². The molecular formula is C17H20F2O4S. The number of halogens is 2. The number of hydrogen-bond donors (Lipinski definition) is 0. The van der Waals surface area contributed by atoms with Crippen LogP contribution in [0.3, 0.4) is 0 Å². The van der Waals surface area contributed by atoms with E-state index < -0.39 is 29.7 Å². The largest absolute Gasteiger partial charge is 0.477 e. The van der Waals surface area contributed by atoms with E-state index in [1.165, 1.54) is 11.8 Å². The van der Waals surface area contributed by atoms with Gasteiger partial charge in [0.25, 0.3) is 6.43 Å². The summed E-state index contributed by atoms with van der Waals surface area (Å²) in [7, 11) is 0. The van der Waals surface area contributed by atoms with Crippen molar-refractivity contribution in [1.29, 1.82) is 0 Å². The van der Waals surface area contributed by atoms with Gasteiger partial charge < -0.3 is 14.2 Å². The number of thioether (sulfide) groups is 1. The standard InChI is InChI=1S/C17H20F2O4S/c1-3-21-12-10-13(24-11-8-6-5-7-9-11)23-15(16(18)19)14(12)17(20)22-4-2/h5-9,12-13,16H,3-4,10H2,1-2H3. The van der Waals surface area contributed by atoms with E-state index in [1.807, 2.05) is 30.3 Å². The first-order valence-corrected chi connectivity index (χ1v) is 8.64. The summed E-state index contributed by atoms with van der Waals surface area (Å²) in [6, 6.07) is 9.34. The number of carbonyl (C=O) groups excluding carboxylic acids is 1. The number of rotatable bonds is 7. The van der Waals surface area contributed by atoms with Crippen LogP contribution in [0.25, 0.3) is 0 Å². The monoisotopic (exact) mass is 358 g/mol. The molecule has 0 radical (unpaired) electrons. The lowest BCUT2D eigenvalue weighted by Gasteiger charge is -2.32. The zero-order valence-corrected chi connectivity index (χ0v) is 14.4. The predicted molar refractivity (Wildman–Crippen MR) is 86.9 cm³/mol. The predicted octanol–water partition coefficient (Wildman–Crippen LogP) is 4.01. The van der Waals surface area contributed by atoms with Crippen molar-refractivity contribution >= 4 is 17.7 Å². The van der Waals surface area contributed by atoms with Crippen LogP contribution in [0.4, 0.5) is 8.78 Å². The summed E-state index contributed by atoms with van der Waals surface area (Å²) >= 11 is 1.32. The number of benzene rings is 1. The third kappa shape index (κ3) is 4.70. The van der Waals surface area contributed by atoms with Gasteiger partial charge in [-0.05, 0) is 26.0 Å². The Balaban J connectivity index is 2.27. The van der Waals surface area contributed by atoms with Crippen molar-refractivity contribution in [2.45, 2.75) is 43.1 Å². The van der Waals surface area contributed by atoms with Crippen LogP contribution < -0.4 is 0 Å². The summed E-state index contributed by atoms with van der Waals surface area (Å²) in [4.78, 5) is 13.0. The number of allylic oxidation sites excluding steroid dienone is 1. The van der Waals surface area contributed by atoms with E-state index in [2.05, 4.69) is 0 Å². The fourth-order valence-corrected chi connectivity index (χ4v) is 3.43. The molecule has 0 fully saturated rings. The van der Waals surface area contributed by atoms with Gasteiger partial charge in [0.15, 0.2) is 11.2 Å². The van der Waals surface area contributed by atoms with Gasteiger partial charge in [-0.2, -0.15) is 0 Å². The molecule has 0 aliphatic carbocycles. The second kappa shape index (κ2) is 9.03. The maximum absolute atomic E-state index is 13.4. The van der Waals surface area contributed by atoms with Crippen molar-refractivity contribution in [2.24, 2.45) is 0 Å². The first kappa shape index (κ1) is 18.7. The van der Waals surface area contributed by atoms with Crippen LogP contribution in [0.1, 0.15) is 20.3 Å². The highest BCUT2D eigenvalue weighted by Crippen LogP contribution is 2.38. The lowest BCUT2D eigenvalue weighted by molar-refractivity contribution is -0.142. The number of esters is 1. The number of ether oxygens (including phenoxy) is 3. The number of carbonyl (C=O) groups is 1. The highest BCUT2D eigenvalue weighted by atomic mass is 32.2. The summed E-state index contributed by atoms with van der Waals surface area (Å²) in [6.45, 7) is 3.76. The normalized spacial score (nSPS) is 20.9. The van der Waals surface area contributed by atoms with E-state index in [9.17, 15) is 13.6 Å². The molecule has 0 saturated heterocycles. The Bertz CT molecular complexity index is 577. The third-order valence-electron chi connectivity index (χ3n) is 3.32. The molecule has 24 heavy (non-hydrogen) atoms. The summed E-state index contributed by atoms with van der Waals surface area (Å²) < 4.78 is 42.7. The first-order chi connectivity index (χ1) is 11.6. The van der Waals surface area contributed by atoms with Gasteiger partial charge >= 0.3 is 5.97 Å². The minimum Gasteiger partial charge on any atom is -0.477 e. The summed E-state index contributed by atoms with van der Waals surface area (Å²) in [6.07, 6.45) is -3.39. The smallest absolute Gasteiger partial charge is 0.340 e. The number of alkyl halides is 2. The van der Waals surface area contributed by atoms with Crippen molar-refractivity contribution in [3.63, 3.8) is 0 Å². The molecule has 2 atom stereocenters. The van der Waals surface area contributed by atoms with Crippen LogP contribution in [-0.2, 0) is 19.0 Å². The Hall–Kier alpha value is -1.60. The zero-order chi connectivity index (χ0) is 17.5. The van der Waals surface area contributed by atoms with E-state index in [0.29, 0.717) is 6.61 Å². The molecule has 4 nitrogen and oxygen atoms in total. The molecule has 7 heteroatoms. The molecule has 1 heterocycles. The lowest BCUT2D eigenvalue weighted by Crippen LogP contribution is -2.35. The maximum atomic E-state index is 13.4. The molecule has 0 saturated carbocycles. The Labute approximate surface area is 144 Å². The fraction of sp³-hybridized carbons (Fsp3) is 0.471. The molecule has 0 aromatic heterocycles. The Morgan fingerprint density at radius 1 is 1.29 bits per heavy atom. The Kier molecular flexibility index (Phi) is 7.05. The Morgan fingerprint density at radius 3 is 2.58 bits per heavy atom. The van der Waals surface area contributed by atoms with Crippen LogP contribution in [0.2, 0.25) is 0 Å². The van der Waals surface area contributed by atoms with Crippen molar-refractivity contribution in [3.8, 4) is 0 Å². The molecule has 0 bridgehead atoms. The van der Waals surface area contributed by atoms with Crippen molar-refractivity contribution in [2.75, 3.05) is 13.2 Å². The van der Waals surface area contributed by atoms with Gasteiger partial charge in [-0.25, -0.2) is 13.6 Å². The van der Waals surface area contributed by atoms with Gasteiger partial charge in [-0.15, -0.1) is 0 Å². The highest BCUT2D eigenvalue weighted by Gasteiger charge is 2.39. The molecule has 2 unspecified atom stereocenters. The molecule has 1 aromatic carbocycles. The van der Waals surface area contributed by atoms with Crippen LogP contribution in [0.15, 0.2) is 46.6 Å². The first-order valence-electron chi connectivity index (χ1n) is 7.76. The summed E-state index contributed by atoms with van der Waals surface area (Å²) in [5.41, 5.74) is -0.773. The van der Waals surface area contributed by atoms with Gasteiger partial charge in [0, 0.05) is 17.9 Å². The second-order valence-electron chi connectivity index (χ2n) is 4.96. The third-order valence-corrected chi connectivity index (χ3v) is 4.42. The zero-order valence-electron chi connectivity index (χ0n) is 13.5. The summed E-state index contributed by atoms with van der Waals surface area (Å²) in [5.74, 6) is -1.46. The molecule has 2 rings (SSSR count). The van der Waals surface area contributed by atoms with Gasteiger partial charge in [0.05, 0.1) is 12.7 Å². The molecule has 132 valence electrons. The van der Waals surface area contributed by atoms with Gasteiger partial charge in [0.1, 0.15) is 5.57 Å². The average molecular weight is 358 g/mol. The Morgan fingerprint density at radius 2 is 2.00 bits per heavy atom. The maximum Gasteiger partial charge on any atom is 0.340 e. The van der Waals surface area contributed by atoms with E-state index >= 15 is 0 Å². The molecule has 0 N–H and O–H groups in total. The fourth-order valence-electron chi connectivity index (χ4n) is 2.39. The molecule has 1 aliphatic heterocycles. The van der Waals surface area contributed by atoms with E-state index in [-0.39, 0.29) is 18.6 Å². The molecule has 1 aliphatic rings. The highest BCUT2D eigenvalue weighted by molar-refractivity contribution is 7.99. The van der Waals surface area contributed by atoms with E-state index in [0.717, 1.165) is 4.90 Å². The van der Waals surface area contributed by atoms with Gasteiger partial charge in [0.2, 0.25) is 0 Å². The second-order valence-corrected chi connectivity index (χ2v) is 6.19. The topological polar surface area (TPSA) is 44.8 Å². The van der Waals surface area contributed by atoms with Crippen molar-refractivity contribution in [3.05, 3.63) is 41.7 Å². The van der Waals surface area contributed by atoms with Gasteiger partial charge in [-0.3, -0.25) is 0 Å². The molecule has 1 aromatic rings. The molecule has 0 amide bonds. The lowest BCUT2D eigenvalue weighted by atomic mass is 10.0. The molecule has 0 spiro atoms. The average Bonchev–Trinajstić information content (AvgIpc) is 2.55. The molecular weight excluding hydrogens is 338 g/mol. The van der Waals surface area contributed by atoms with Crippen LogP contribution in [0, 0.1) is 0 Å². The van der Waals surface area contributed by atoms with Crippen molar-refractivity contribution in [1.82, 2.24) is 0 Å². The van der Waals surface area contributed by atoms with Crippen LogP contribution in [-0.4, -0.2) is 37.1 Å². The number of hydrogen-bond acceptors (Lipinski definition) is 5. The van der Waals surface area contributed by atoms with E-state index in [4.69, 9.17) is 14.2 Å². The van der Waals surface area contributed by atoms with Gasteiger partial charge in [-0.1, -0.05) is 30.0 Å². The quantitative estimate of drug-likeness (QED) is 0.689. The van der Waals surface area contributed by atoms with Crippen LogP contribution in [0.5, 0.6) is 0 Å². The summed E-state index contributed by atoms with van der Waals surface area (Å²) in [5, 5.41) is 0. The minimum absolute atomic E-state index is 0.0971. The van der Waals surface area contributed by atoms with Crippen LogP contribution >= 0.6 is 11.8 Å². The van der Waals surface area contributed by atoms with Crippen molar-refractivity contribution < 1.29 is 27.8 Å².